The molecule has 1 rings (SSSR count). The molecule has 0 aliphatic carbocycles. The van der Waals surface area contributed by atoms with Gasteiger partial charge in [-0.15, -0.1) is 0 Å². The Morgan fingerprint density at radius 2 is 2.12 bits per heavy atom. The predicted octanol–water partition coefficient (Wildman–Crippen LogP) is 1.47. The Balaban J connectivity index is 2.84. The number of rotatable bonds is 3. The number of amides is 1. The summed E-state index contributed by atoms with van der Waals surface area (Å²) in [6.07, 6.45) is 1.77. The third-order valence-electron chi connectivity index (χ3n) is 2.09. The van der Waals surface area contributed by atoms with Crippen LogP contribution in [0.5, 0.6) is 0 Å². The van der Waals surface area contributed by atoms with Gasteiger partial charge in [-0.1, -0.05) is 13.3 Å². The number of anilines is 1. The summed E-state index contributed by atoms with van der Waals surface area (Å²) in [5.74, 6) is -0.233. The summed E-state index contributed by atoms with van der Waals surface area (Å²) < 4.78 is 0. The van der Waals surface area contributed by atoms with Crippen molar-refractivity contribution in [3.8, 4) is 0 Å². The SMILES string of the molecule is CCCc1[nH]nc(C(=O)NC(C)(C)C)c1N. The monoisotopic (exact) mass is 224 g/mol. The third-order valence-corrected chi connectivity index (χ3v) is 2.09. The Kier molecular flexibility index (Phi) is 3.57. The van der Waals surface area contributed by atoms with Crippen molar-refractivity contribution < 1.29 is 4.79 Å². The first-order valence-corrected chi connectivity index (χ1v) is 5.50. The maximum Gasteiger partial charge on any atom is 0.274 e. The number of nitrogen functional groups attached to an aromatic ring is 1. The first-order chi connectivity index (χ1) is 7.35. The predicted molar refractivity (Wildman–Crippen MR) is 64.2 cm³/mol. The zero-order chi connectivity index (χ0) is 12.3. The highest BCUT2D eigenvalue weighted by atomic mass is 16.2. The highest BCUT2D eigenvalue weighted by Crippen LogP contribution is 2.16. The fourth-order valence-electron chi connectivity index (χ4n) is 1.40. The van der Waals surface area contributed by atoms with Crippen molar-refractivity contribution in [2.45, 2.75) is 46.1 Å². The van der Waals surface area contributed by atoms with Gasteiger partial charge >= 0.3 is 0 Å². The molecule has 0 aliphatic rings. The molecular formula is C11H20N4O. The number of aromatic nitrogens is 2. The number of nitrogens with two attached hydrogens (primary N) is 1. The van der Waals surface area contributed by atoms with Crippen LogP contribution in [0.4, 0.5) is 5.69 Å². The van der Waals surface area contributed by atoms with Crippen molar-refractivity contribution in [2.75, 3.05) is 5.73 Å². The van der Waals surface area contributed by atoms with Crippen LogP contribution < -0.4 is 11.1 Å². The van der Waals surface area contributed by atoms with Crippen molar-refractivity contribution in [1.29, 1.82) is 0 Å². The van der Waals surface area contributed by atoms with Crippen molar-refractivity contribution in [2.24, 2.45) is 0 Å². The Morgan fingerprint density at radius 3 is 2.62 bits per heavy atom. The Bertz CT molecular complexity index is 376. The summed E-state index contributed by atoms with van der Waals surface area (Å²) in [5, 5.41) is 9.59. The van der Waals surface area contributed by atoms with Crippen LogP contribution in [0, 0.1) is 0 Å². The van der Waals surface area contributed by atoms with E-state index in [4.69, 9.17) is 5.73 Å². The molecule has 0 aliphatic heterocycles. The molecule has 0 atom stereocenters. The lowest BCUT2D eigenvalue weighted by atomic mass is 10.1. The summed E-state index contributed by atoms with van der Waals surface area (Å²) in [6.45, 7) is 7.80. The van der Waals surface area contributed by atoms with Crippen LogP contribution in [-0.2, 0) is 6.42 Å². The molecule has 90 valence electrons. The van der Waals surface area contributed by atoms with E-state index >= 15 is 0 Å². The van der Waals surface area contributed by atoms with Gasteiger partial charge in [-0.3, -0.25) is 9.89 Å². The summed E-state index contributed by atoms with van der Waals surface area (Å²) in [6, 6.07) is 0. The highest BCUT2D eigenvalue weighted by Gasteiger charge is 2.21. The molecule has 16 heavy (non-hydrogen) atoms. The lowest BCUT2D eigenvalue weighted by Gasteiger charge is -2.19. The van der Waals surface area contributed by atoms with Crippen LogP contribution in [0.2, 0.25) is 0 Å². The molecule has 0 unspecified atom stereocenters. The number of aryl methyl sites for hydroxylation is 1. The normalized spacial score (nSPS) is 11.5. The first-order valence-electron chi connectivity index (χ1n) is 5.50. The second-order valence-electron chi connectivity index (χ2n) is 4.92. The topological polar surface area (TPSA) is 83.8 Å². The zero-order valence-electron chi connectivity index (χ0n) is 10.3. The van der Waals surface area contributed by atoms with E-state index in [1.807, 2.05) is 20.8 Å². The van der Waals surface area contributed by atoms with Gasteiger partial charge < -0.3 is 11.1 Å². The molecule has 5 heteroatoms. The number of nitrogens with zero attached hydrogens (tertiary/aromatic N) is 1. The number of carbonyl (C=O) groups is 1. The maximum atomic E-state index is 11.8. The summed E-state index contributed by atoms with van der Waals surface area (Å²) in [4.78, 5) is 11.8. The van der Waals surface area contributed by atoms with Crippen LogP contribution in [0.15, 0.2) is 0 Å². The summed E-state index contributed by atoms with van der Waals surface area (Å²) in [7, 11) is 0. The fourth-order valence-corrected chi connectivity index (χ4v) is 1.40. The van der Waals surface area contributed by atoms with Gasteiger partial charge in [-0.25, -0.2) is 0 Å². The van der Waals surface area contributed by atoms with Crippen LogP contribution >= 0.6 is 0 Å². The van der Waals surface area contributed by atoms with Crippen LogP contribution in [0.1, 0.15) is 50.3 Å². The fraction of sp³-hybridized carbons (Fsp3) is 0.636. The van der Waals surface area contributed by atoms with E-state index in [1.54, 1.807) is 0 Å². The molecule has 0 radical (unpaired) electrons. The third kappa shape index (κ3) is 2.98. The van der Waals surface area contributed by atoms with E-state index in [0.717, 1.165) is 18.5 Å². The average molecular weight is 224 g/mol. The summed E-state index contributed by atoms with van der Waals surface area (Å²) in [5.41, 5.74) is 7.16. The van der Waals surface area contributed by atoms with Crippen molar-refractivity contribution in [3.63, 3.8) is 0 Å². The first kappa shape index (κ1) is 12.5. The molecule has 0 spiro atoms. The van der Waals surface area contributed by atoms with Gasteiger partial charge in [0, 0.05) is 5.54 Å². The van der Waals surface area contributed by atoms with Gasteiger partial charge in [0.1, 0.15) is 0 Å². The maximum absolute atomic E-state index is 11.8. The number of aromatic amines is 1. The molecule has 0 bridgehead atoms. The van der Waals surface area contributed by atoms with Crippen LogP contribution in [0.3, 0.4) is 0 Å². The quantitative estimate of drug-likeness (QED) is 0.727. The van der Waals surface area contributed by atoms with Gasteiger partial charge in [0.05, 0.1) is 11.4 Å². The molecule has 1 amide bonds. The van der Waals surface area contributed by atoms with Crippen molar-refractivity contribution >= 4 is 11.6 Å². The van der Waals surface area contributed by atoms with Crippen molar-refractivity contribution in [3.05, 3.63) is 11.4 Å². The lowest BCUT2D eigenvalue weighted by molar-refractivity contribution is 0.0915. The van der Waals surface area contributed by atoms with E-state index < -0.39 is 0 Å². The van der Waals surface area contributed by atoms with Crippen LogP contribution in [0.25, 0.3) is 0 Å². The molecule has 4 N–H and O–H groups in total. The Hall–Kier alpha value is -1.52. The van der Waals surface area contributed by atoms with Gasteiger partial charge in [-0.2, -0.15) is 5.10 Å². The highest BCUT2D eigenvalue weighted by molar-refractivity contribution is 5.97. The number of hydrogen-bond donors (Lipinski definition) is 3. The molecular weight excluding hydrogens is 204 g/mol. The lowest BCUT2D eigenvalue weighted by Crippen LogP contribution is -2.41. The van der Waals surface area contributed by atoms with E-state index in [9.17, 15) is 4.79 Å². The van der Waals surface area contributed by atoms with Gasteiger partial charge in [0.2, 0.25) is 0 Å². The van der Waals surface area contributed by atoms with E-state index in [0.29, 0.717) is 11.4 Å². The molecule has 0 saturated carbocycles. The molecule has 1 heterocycles. The molecule has 1 aromatic heterocycles. The smallest absolute Gasteiger partial charge is 0.274 e. The van der Waals surface area contributed by atoms with Gasteiger partial charge in [0.25, 0.3) is 5.91 Å². The Labute approximate surface area is 95.8 Å². The number of nitrogens with one attached hydrogen (secondary N) is 2. The van der Waals surface area contributed by atoms with E-state index in [-0.39, 0.29) is 11.4 Å². The molecule has 0 aromatic carbocycles. The van der Waals surface area contributed by atoms with Crippen LogP contribution in [-0.4, -0.2) is 21.6 Å². The minimum atomic E-state index is -0.284. The largest absolute Gasteiger partial charge is 0.395 e. The standard InChI is InChI=1S/C11H20N4O/c1-5-6-7-8(12)9(15-14-7)10(16)13-11(2,3)4/h5-6,12H2,1-4H3,(H,13,16)(H,14,15). The minimum absolute atomic E-state index is 0.233. The molecule has 5 nitrogen and oxygen atoms in total. The van der Waals surface area contributed by atoms with Gasteiger partial charge in [-0.05, 0) is 27.2 Å². The minimum Gasteiger partial charge on any atom is -0.395 e. The van der Waals surface area contributed by atoms with E-state index in [2.05, 4.69) is 22.4 Å². The average Bonchev–Trinajstić information content (AvgIpc) is 2.46. The molecule has 0 saturated heterocycles. The van der Waals surface area contributed by atoms with Crippen molar-refractivity contribution in [1.82, 2.24) is 15.5 Å². The number of hydrogen-bond acceptors (Lipinski definition) is 3. The summed E-state index contributed by atoms with van der Waals surface area (Å²) >= 11 is 0. The number of H-pyrrole nitrogens is 1. The van der Waals surface area contributed by atoms with E-state index in [1.165, 1.54) is 0 Å². The molecule has 0 fully saturated rings. The molecule has 1 aromatic rings. The zero-order valence-corrected chi connectivity index (χ0v) is 10.3. The van der Waals surface area contributed by atoms with Gasteiger partial charge in [0.15, 0.2) is 5.69 Å². The second-order valence-corrected chi connectivity index (χ2v) is 4.92. The second kappa shape index (κ2) is 4.55. The Morgan fingerprint density at radius 1 is 1.50 bits per heavy atom. The number of carbonyl (C=O) groups excluding carboxylic acids is 1.